The van der Waals surface area contributed by atoms with Crippen LogP contribution in [0, 0.1) is 5.92 Å². The number of aromatic nitrogens is 1. The average molecular weight is 513 g/mol. The number of benzene rings is 2. The zero-order chi connectivity index (χ0) is 26.7. The van der Waals surface area contributed by atoms with Gasteiger partial charge in [-0.25, -0.2) is 0 Å². The van der Waals surface area contributed by atoms with Crippen molar-refractivity contribution in [3.8, 4) is 0 Å². The molecule has 1 amide bonds. The molecule has 1 aliphatic carbocycles. The van der Waals surface area contributed by atoms with Crippen molar-refractivity contribution in [1.29, 1.82) is 0 Å². The lowest BCUT2D eigenvalue weighted by Crippen LogP contribution is -2.21. The molecule has 2 aromatic carbocycles. The van der Waals surface area contributed by atoms with Crippen LogP contribution in [0.25, 0.3) is 0 Å². The zero-order valence-corrected chi connectivity index (χ0v) is 20.9. The highest BCUT2D eigenvalue weighted by atomic mass is 19.4. The molecule has 37 heavy (non-hydrogen) atoms. The number of rotatable bonds is 10. The molecule has 1 fully saturated rings. The number of nitrogens with zero attached hydrogens (tertiary/aromatic N) is 1. The van der Waals surface area contributed by atoms with Crippen LogP contribution in [-0.4, -0.2) is 21.6 Å². The van der Waals surface area contributed by atoms with Gasteiger partial charge < -0.3 is 15.0 Å². The lowest BCUT2D eigenvalue weighted by Gasteiger charge is -2.20. The molecule has 2 N–H and O–H groups in total. The Morgan fingerprint density at radius 1 is 1.08 bits per heavy atom. The summed E-state index contributed by atoms with van der Waals surface area (Å²) in [6.07, 6.45) is -1.03. The van der Waals surface area contributed by atoms with Crippen LogP contribution in [-0.2, 0) is 23.8 Å². The third kappa shape index (κ3) is 6.06. The van der Waals surface area contributed by atoms with Gasteiger partial charge in [-0.15, -0.1) is 0 Å². The SMILES string of the molecule is CC[C@H](C)n1c(CCCc2ccccc2)ccc1C(=O)Nc1ccc(C(F)(F)F)c([C@H]2C[C@H]2C(=O)O)c1. The monoisotopic (exact) mass is 512 g/mol. The third-order valence-corrected chi connectivity index (χ3v) is 7.13. The number of halogens is 3. The highest BCUT2D eigenvalue weighted by molar-refractivity contribution is 6.03. The molecule has 0 bridgehead atoms. The second-order valence-electron chi connectivity index (χ2n) is 9.72. The van der Waals surface area contributed by atoms with Gasteiger partial charge in [-0.05, 0) is 86.4 Å². The third-order valence-electron chi connectivity index (χ3n) is 7.13. The first-order valence-corrected chi connectivity index (χ1v) is 12.6. The summed E-state index contributed by atoms with van der Waals surface area (Å²) in [4.78, 5) is 24.6. The maximum Gasteiger partial charge on any atom is 0.416 e. The van der Waals surface area contributed by atoms with E-state index >= 15 is 0 Å². The normalized spacial score (nSPS) is 17.9. The van der Waals surface area contributed by atoms with Crippen molar-refractivity contribution in [1.82, 2.24) is 4.57 Å². The number of hydrogen-bond acceptors (Lipinski definition) is 2. The number of anilines is 1. The molecule has 0 saturated heterocycles. The van der Waals surface area contributed by atoms with E-state index in [1.807, 2.05) is 42.7 Å². The molecule has 1 saturated carbocycles. The van der Waals surface area contributed by atoms with Crippen LogP contribution in [0.5, 0.6) is 0 Å². The van der Waals surface area contributed by atoms with Crippen LogP contribution in [0.1, 0.15) is 77.9 Å². The molecule has 1 aliphatic rings. The maximum absolute atomic E-state index is 13.6. The van der Waals surface area contributed by atoms with E-state index in [1.165, 1.54) is 17.7 Å². The number of aryl methyl sites for hydroxylation is 2. The van der Waals surface area contributed by atoms with E-state index in [0.29, 0.717) is 5.69 Å². The van der Waals surface area contributed by atoms with Crippen molar-refractivity contribution < 1.29 is 27.9 Å². The quantitative estimate of drug-likeness (QED) is 0.305. The summed E-state index contributed by atoms with van der Waals surface area (Å²) in [5, 5.41) is 12.0. The van der Waals surface area contributed by atoms with Crippen LogP contribution >= 0.6 is 0 Å². The van der Waals surface area contributed by atoms with E-state index in [4.69, 9.17) is 0 Å². The Morgan fingerprint density at radius 2 is 1.81 bits per heavy atom. The second-order valence-corrected chi connectivity index (χ2v) is 9.72. The molecule has 0 unspecified atom stereocenters. The van der Waals surface area contributed by atoms with Gasteiger partial charge in [0.15, 0.2) is 0 Å². The number of carboxylic acids is 1. The standard InChI is InChI=1S/C29H31F3N2O3/c1-3-18(2)34-21(11-7-10-19-8-5-4-6-9-19)13-15-26(34)27(35)33-20-12-14-25(29(30,31)32)23(16-20)22-17-24(22)28(36)37/h4-6,8-9,12-16,18,22,24H,3,7,10-11,17H2,1-2H3,(H,33,35)(H,36,37)/t18-,22+,24+/m0/s1. The van der Waals surface area contributed by atoms with Crippen LogP contribution in [0.3, 0.4) is 0 Å². The van der Waals surface area contributed by atoms with Gasteiger partial charge in [-0.1, -0.05) is 37.3 Å². The first kappa shape index (κ1) is 26.5. The Bertz CT molecular complexity index is 1270. The van der Waals surface area contributed by atoms with Crippen molar-refractivity contribution in [2.45, 2.75) is 64.1 Å². The van der Waals surface area contributed by atoms with Gasteiger partial charge in [-0.3, -0.25) is 9.59 Å². The molecule has 1 aromatic heterocycles. The average Bonchev–Trinajstić information content (AvgIpc) is 3.56. The van der Waals surface area contributed by atoms with Crippen LogP contribution in [0.15, 0.2) is 60.7 Å². The van der Waals surface area contributed by atoms with Gasteiger partial charge >= 0.3 is 12.1 Å². The van der Waals surface area contributed by atoms with Gasteiger partial charge in [0.05, 0.1) is 11.5 Å². The van der Waals surface area contributed by atoms with Crippen molar-refractivity contribution in [3.63, 3.8) is 0 Å². The van der Waals surface area contributed by atoms with Crippen LogP contribution < -0.4 is 5.32 Å². The molecule has 3 atom stereocenters. The molecule has 8 heteroatoms. The Morgan fingerprint density at radius 3 is 2.43 bits per heavy atom. The number of hydrogen-bond donors (Lipinski definition) is 2. The Kier molecular flexibility index (Phi) is 7.76. The topological polar surface area (TPSA) is 71.3 Å². The minimum absolute atomic E-state index is 0.0634. The first-order chi connectivity index (χ1) is 17.6. The number of aliphatic carboxylic acids is 1. The molecule has 0 spiro atoms. The highest BCUT2D eigenvalue weighted by Crippen LogP contribution is 2.51. The van der Waals surface area contributed by atoms with Crippen LogP contribution in [0.4, 0.5) is 18.9 Å². The van der Waals surface area contributed by atoms with Crippen molar-refractivity contribution in [3.05, 3.63) is 88.7 Å². The van der Waals surface area contributed by atoms with Crippen molar-refractivity contribution in [2.75, 3.05) is 5.32 Å². The fourth-order valence-electron chi connectivity index (χ4n) is 4.91. The number of carboxylic acid groups (broad SMARTS) is 1. The number of carbonyl (C=O) groups is 2. The van der Waals surface area contributed by atoms with E-state index in [-0.39, 0.29) is 23.7 Å². The molecular formula is C29H31F3N2O3. The Balaban J connectivity index is 1.54. The number of carbonyl (C=O) groups excluding carboxylic acids is 1. The molecule has 1 heterocycles. The zero-order valence-electron chi connectivity index (χ0n) is 20.9. The molecule has 3 aromatic rings. The van der Waals surface area contributed by atoms with E-state index in [1.54, 1.807) is 6.07 Å². The molecule has 0 radical (unpaired) electrons. The highest BCUT2D eigenvalue weighted by Gasteiger charge is 2.48. The summed E-state index contributed by atoms with van der Waals surface area (Å²) in [7, 11) is 0. The molecule has 196 valence electrons. The van der Waals surface area contributed by atoms with Gasteiger partial charge in [0.1, 0.15) is 5.69 Å². The van der Waals surface area contributed by atoms with Crippen LogP contribution in [0.2, 0.25) is 0 Å². The van der Waals surface area contributed by atoms with E-state index in [0.717, 1.165) is 37.4 Å². The summed E-state index contributed by atoms with van der Waals surface area (Å²) < 4.78 is 42.7. The largest absolute Gasteiger partial charge is 0.481 e. The number of nitrogens with one attached hydrogen (secondary N) is 1. The number of amides is 1. The minimum atomic E-state index is -4.61. The fraction of sp³-hybridized carbons (Fsp3) is 0.379. The summed E-state index contributed by atoms with van der Waals surface area (Å²) in [6, 6.07) is 17.4. The predicted molar refractivity (Wildman–Crippen MR) is 136 cm³/mol. The summed E-state index contributed by atoms with van der Waals surface area (Å²) in [6.45, 7) is 4.07. The smallest absolute Gasteiger partial charge is 0.416 e. The summed E-state index contributed by atoms with van der Waals surface area (Å²) in [5.41, 5.74) is 2.00. The van der Waals surface area contributed by atoms with Crippen molar-refractivity contribution >= 4 is 17.6 Å². The van der Waals surface area contributed by atoms with E-state index < -0.39 is 35.5 Å². The first-order valence-electron chi connectivity index (χ1n) is 12.6. The molecule has 0 aliphatic heterocycles. The Labute approximate surface area is 214 Å². The molecule has 4 rings (SSSR count). The van der Waals surface area contributed by atoms with E-state index in [9.17, 15) is 27.9 Å². The Hall–Kier alpha value is -3.55. The number of alkyl halides is 3. The lowest BCUT2D eigenvalue weighted by molar-refractivity contribution is -0.140. The molecule has 5 nitrogen and oxygen atoms in total. The van der Waals surface area contributed by atoms with Gasteiger partial charge in [0.2, 0.25) is 0 Å². The second kappa shape index (κ2) is 10.8. The van der Waals surface area contributed by atoms with Gasteiger partial charge in [-0.2, -0.15) is 13.2 Å². The lowest BCUT2D eigenvalue weighted by atomic mass is 10.0. The van der Waals surface area contributed by atoms with Gasteiger partial charge in [0, 0.05) is 17.4 Å². The van der Waals surface area contributed by atoms with E-state index in [2.05, 4.69) is 17.4 Å². The maximum atomic E-state index is 13.6. The molecular weight excluding hydrogens is 481 g/mol. The van der Waals surface area contributed by atoms with Gasteiger partial charge in [0.25, 0.3) is 5.91 Å². The predicted octanol–water partition coefficient (Wildman–Crippen LogP) is 7.09. The summed E-state index contributed by atoms with van der Waals surface area (Å²) in [5.74, 6) is -3.08. The summed E-state index contributed by atoms with van der Waals surface area (Å²) >= 11 is 0. The van der Waals surface area contributed by atoms with Crippen molar-refractivity contribution in [2.24, 2.45) is 5.92 Å². The minimum Gasteiger partial charge on any atom is -0.481 e. The fourth-order valence-corrected chi connectivity index (χ4v) is 4.91.